The van der Waals surface area contributed by atoms with Gasteiger partial charge in [0.05, 0.1) is 5.54 Å². The lowest BCUT2D eigenvalue weighted by molar-refractivity contribution is -0.127. The molecule has 25 heavy (non-hydrogen) atoms. The molecule has 2 fully saturated rings. The number of anilines is 1. The highest BCUT2D eigenvalue weighted by molar-refractivity contribution is 5.86. The summed E-state index contributed by atoms with van der Waals surface area (Å²) in [5, 5.41) is 3.17. The number of amides is 1. The van der Waals surface area contributed by atoms with Crippen LogP contribution in [0, 0.1) is 0 Å². The Morgan fingerprint density at radius 2 is 1.92 bits per heavy atom. The molecule has 0 atom stereocenters. The van der Waals surface area contributed by atoms with Gasteiger partial charge in [0.1, 0.15) is 12.1 Å². The zero-order chi connectivity index (χ0) is 16.3. The zero-order valence-corrected chi connectivity index (χ0v) is 16.4. The fourth-order valence-corrected chi connectivity index (χ4v) is 3.57. The molecule has 0 bridgehead atoms. The van der Waals surface area contributed by atoms with E-state index < -0.39 is 5.54 Å². The van der Waals surface area contributed by atoms with Gasteiger partial charge in [-0.1, -0.05) is 19.8 Å². The first-order valence-corrected chi connectivity index (χ1v) is 8.76. The van der Waals surface area contributed by atoms with Crippen LogP contribution in [0.15, 0.2) is 12.4 Å². The first-order valence-electron chi connectivity index (χ1n) is 8.76. The molecule has 1 saturated heterocycles. The highest BCUT2D eigenvalue weighted by Crippen LogP contribution is 2.28. The molecule has 1 saturated carbocycles. The minimum atomic E-state index is -0.625. The van der Waals surface area contributed by atoms with Crippen molar-refractivity contribution in [3.8, 4) is 0 Å². The highest BCUT2D eigenvalue weighted by atomic mass is 35.5. The average molecular weight is 390 g/mol. The number of aryl methyl sites for hydroxylation is 1. The van der Waals surface area contributed by atoms with Crippen LogP contribution in [-0.2, 0) is 11.2 Å². The van der Waals surface area contributed by atoms with Gasteiger partial charge in [0, 0.05) is 30.9 Å². The summed E-state index contributed by atoms with van der Waals surface area (Å²) < 4.78 is 0. The second-order valence-corrected chi connectivity index (χ2v) is 6.82. The summed E-state index contributed by atoms with van der Waals surface area (Å²) in [6, 6.07) is 2.29. The first kappa shape index (κ1) is 21.9. The number of halogens is 2. The third-order valence-corrected chi connectivity index (χ3v) is 5.17. The van der Waals surface area contributed by atoms with E-state index in [0.29, 0.717) is 0 Å². The number of hydrogen-bond donors (Lipinski definition) is 2. The van der Waals surface area contributed by atoms with Gasteiger partial charge in [0.2, 0.25) is 5.91 Å². The van der Waals surface area contributed by atoms with E-state index in [9.17, 15) is 4.79 Å². The Hall–Kier alpha value is -1.11. The van der Waals surface area contributed by atoms with Crippen LogP contribution < -0.4 is 16.0 Å². The van der Waals surface area contributed by atoms with Crippen LogP contribution in [0.5, 0.6) is 0 Å². The second kappa shape index (κ2) is 9.55. The van der Waals surface area contributed by atoms with Gasteiger partial charge in [0.25, 0.3) is 0 Å². The van der Waals surface area contributed by atoms with E-state index in [-0.39, 0.29) is 36.8 Å². The van der Waals surface area contributed by atoms with E-state index in [1.165, 1.54) is 0 Å². The van der Waals surface area contributed by atoms with E-state index in [1.807, 2.05) is 0 Å². The molecule has 6 nitrogen and oxygen atoms in total. The van der Waals surface area contributed by atoms with Gasteiger partial charge in [0.15, 0.2) is 0 Å². The quantitative estimate of drug-likeness (QED) is 0.824. The van der Waals surface area contributed by atoms with Gasteiger partial charge in [-0.25, -0.2) is 9.97 Å². The van der Waals surface area contributed by atoms with Crippen molar-refractivity contribution in [2.24, 2.45) is 5.73 Å². The number of nitrogens with two attached hydrogens (primary N) is 1. The van der Waals surface area contributed by atoms with Crippen LogP contribution in [0.4, 0.5) is 5.82 Å². The minimum absolute atomic E-state index is 0. The number of rotatable bonds is 4. The van der Waals surface area contributed by atoms with Crippen LogP contribution in [0.3, 0.4) is 0 Å². The van der Waals surface area contributed by atoms with Gasteiger partial charge in [-0.15, -0.1) is 24.8 Å². The third-order valence-electron chi connectivity index (χ3n) is 5.17. The molecular formula is C17H29Cl2N5O. The molecule has 1 aromatic heterocycles. The van der Waals surface area contributed by atoms with Crippen molar-refractivity contribution in [2.75, 3.05) is 18.0 Å². The fourth-order valence-electron chi connectivity index (χ4n) is 3.57. The van der Waals surface area contributed by atoms with Crippen molar-refractivity contribution >= 4 is 36.5 Å². The Balaban J connectivity index is 0.00000156. The van der Waals surface area contributed by atoms with E-state index in [2.05, 4.69) is 33.2 Å². The molecule has 0 unspecified atom stereocenters. The molecule has 3 rings (SSSR count). The number of aromatic nitrogens is 2. The molecular weight excluding hydrogens is 361 g/mol. The summed E-state index contributed by atoms with van der Waals surface area (Å²) in [4.78, 5) is 23.3. The molecule has 1 aromatic rings. The van der Waals surface area contributed by atoms with Gasteiger partial charge in [-0.3, -0.25) is 4.79 Å². The van der Waals surface area contributed by atoms with Crippen LogP contribution in [0.25, 0.3) is 0 Å². The lowest BCUT2D eigenvalue weighted by Crippen LogP contribution is -2.56. The molecule has 0 spiro atoms. The smallest absolute Gasteiger partial charge is 0.240 e. The van der Waals surface area contributed by atoms with Gasteiger partial charge < -0.3 is 16.0 Å². The fraction of sp³-hybridized carbons (Fsp3) is 0.706. The van der Waals surface area contributed by atoms with Crippen molar-refractivity contribution < 1.29 is 4.79 Å². The summed E-state index contributed by atoms with van der Waals surface area (Å²) in [6.45, 7) is 3.91. The first-order chi connectivity index (χ1) is 11.1. The van der Waals surface area contributed by atoms with Crippen molar-refractivity contribution in [1.82, 2.24) is 15.3 Å². The minimum Gasteiger partial charge on any atom is -0.356 e. The predicted molar refractivity (Wildman–Crippen MR) is 105 cm³/mol. The molecule has 2 aliphatic rings. The van der Waals surface area contributed by atoms with E-state index in [0.717, 1.165) is 69.5 Å². The summed E-state index contributed by atoms with van der Waals surface area (Å²) in [6.07, 6.45) is 8.20. The third kappa shape index (κ3) is 5.19. The summed E-state index contributed by atoms with van der Waals surface area (Å²) in [7, 11) is 0. The second-order valence-electron chi connectivity index (χ2n) is 6.82. The maximum atomic E-state index is 12.4. The molecule has 1 aliphatic carbocycles. The lowest BCUT2D eigenvalue weighted by Gasteiger charge is -2.34. The van der Waals surface area contributed by atoms with Crippen molar-refractivity contribution in [3.05, 3.63) is 18.1 Å². The molecule has 8 heteroatoms. The lowest BCUT2D eigenvalue weighted by atomic mass is 9.96. The maximum Gasteiger partial charge on any atom is 0.240 e. The molecule has 1 aliphatic heterocycles. The number of nitrogens with one attached hydrogen (secondary N) is 1. The monoisotopic (exact) mass is 389 g/mol. The molecule has 0 radical (unpaired) electrons. The standard InChI is InChI=1S/C17H27N5O.2ClH/c1-2-13-11-15(20-12-19-13)22-9-5-14(6-10-22)21-16(23)17(18)7-3-4-8-17;;/h11-12,14H,2-10,18H2,1H3,(H,21,23);2*1H. The number of hydrogen-bond acceptors (Lipinski definition) is 5. The topological polar surface area (TPSA) is 84.1 Å². The summed E-state index contributed by atoms with van der Waals surface area (Å²) in [5.41, 5.74) is 6.67. The van der Waals surface area contributed by atoms with E-state index in [1.54, 1.807) is 6.33 Å². The van der Waals surface area contributed by atoms with Gasteiger partial charge in [-0.05, 0) is 32.1 Å². The Labute approximate surface area is 162 Å². The number of carbonyl (C=O) groups is 1. The Morgan fingerprint density at radius 1 is 1.28 bits per heavy atom. The van der Waals surface area contributed by atoms with Crippen LogP contribution in [0.1, 0.15) is 51.1 Å². The number of piperidine rings is 1. The Kier molecular flexibility index (Phi) is 8.38. The number of carbonyl (C=O) groups excluding carboxylic acids is 1. The van der Waals surface area contributed by atoms with Crippen molar-refractivity contribution in [2.45, 2.75) is 63.5 Å². The normalized spacial score (nSPS) is 19.7. The van der Waals surface area contributed by atoms with Crippen molar-refractivity contribution in [3.63, 3.8) is 0 Å². The molecule has 3 N–H and O–H groups in total. The van der Waals surface area contributed by atoms with Crippen LogP contribution in [-0.4, -0.2) is 40.5 Å². The maximum absolute atomic E-state index is 12.4. The molecule has 0 aromatic carbocycles. The predicted octanol–water partition coefficient (Wildman–Crippen LogP) is 2.24. The Morgan fingerprint density at radius 3 is 2.52 bits per heavy atom. The van der Waals surface area contributed by atoms with E-state index >= 15 is 0 Å². The SMILES string of the molecule is CCc1cc(N2CCC(NC(=O)C3(N)CCCC3)CC2)ncn1.Cl.Cl. The van der Waals surface area contributed by atoms with Crippen molar-refractivity contribution in [1.29, 1.82) is 0 Å². The Bertz CT molecular complexity index is 558. The molecule has 2 heterocycles. The molecule has 142 valence electrons. The summed E-state index contributed by atoms with van der Waals surface area (Å²) in [5.74, 6) is 1.04. The zero-order valence-electron chi connectivity index (χ0n) is 14.7. The average Bonchev–Trinajstić information content (AvgIpc) is 3.04. The van der Waals surface area contributed by atoms with E-state index in [4.69, 9.17) is 5.73 Å². The number of nitrogens with zero attached hydrogens (tertiary/aromatic N) is 3. The van der Waals surface area contributed by atoms with Crippen LogP contribution in [0.2, 0.25) is 0 Å². The summed E-state index contributed by atoms with van der Waals surface area (Å²) >= 11 is 0. The largest absolute Gasteiger partial charge is 0.356 e. The van der Waals surface area contributed by atoms with Gasteiger partial charge in [-0.2, -0.15) is 0 Å². The highest BCUT2D eigenvalue weighted by Gasteiger charge is 2.38. The van der Waals surface area contributed by atoms with Gasteiger partial charge >= 0.3 is 0 Å². The van der Waals surface area contributed by atoms with Crippen LogP contribution >= 0.6 is 24.8 Å². The molecule has 1 amide bonds.